The van der Waals surface area contributed by atoms with Crippen LogP contribution in [0, 0.1) is 25.7 Å². The summed E-state index contributed by atoms with van der Waals surface area (Å²) in [5.41, 5.74) is 5.19. The molecule has 12 nitrogen and oxygen atoms in total. The number of halogens is 2. The quantitative estimate of drug-likeness (QED) is 0.108. The van der Waals surface area contributed by atoms with E-state index in [2.05, 4.69) is 105 Å². The number of hydrogen-bond acceptors (Lipinski definition) is 12. The summed E-state index contributed by atoms with van der Waals surface area (Å²) < 4.78 is 67.6. The van der Waals surface area contributed by atoms with Gasteiger partial charge in [0.25, 0.3) is 20.0 Å². The Balaban J connectivity index is 0.000000191. The van der Waals surface area contributed by atoms with Gasteiger partial charge in [-0.15, -0.1) is 22.7 Å². The van der Waals surface area contributed by atoms with Crippen LogP contribution in [0.4, 0.5) is 10.3 Å². The van der Waals surface area contributed by atoms with Crippen LogP contribution in [-0.4, -0.2) is 75.0 Å². The van der Waals surface area contributed by atoms with Gasteiger partial charge in [-0.25, -0.2) is 26.8 Å². The van der Waals surface area contributed by atoms with Crippen molar-refractivity contribution in [3.63, 3.8) is 0 Å². The van der Waals surface area contributed by atoms with Crippen molar-refractivity contribution in [2.24, 2.45) is 11.8 Å². The van der Waals surface area contributed by atoms with Crippen LogP contribution in [0.2, 0.25) is 10.0 Å². The predicted molar refractivity (Wildman–Crippen MR) is 258 cm³/mol. The molecule has 0 aliphatic carbocycles. The van der Waals surface area contributed by atoms with Crippen molar-refractivity contribution in [2.75, 3.05) is 35.6 Å². The number of rotatable bonds is 14. The Morgan fingerprint density at radius 3 is 1.41 bits per heavy atom. The zero-order valence-electron chi connectivity index (χ0n) is 36.0. The van der Waals surface area contributed by atoms with Crippen LogP contribution < -0.4 is 18.9 Å². The lowest BCUT2D eigenvalue weighted by molar-refractivity contribution is 0.0490. The lowest BCUT2D eigenvalue weighted by atomic mass is 9.96. The molecule has 0 bridgehead atoms. The largest absolute Gasteiger partial charge is 0.488 e. The van der Waals surface area contributed by atoms with Gasteiger partial charge in [0.1, 0.15) is 23.7 Å². The highest BCUT2D eigenvalue weighted by Gasteiger charge is 2.30. The molecule has 340 valence electrons. The molecule has 2 N–H and O–H groups in total. The fourth-order valence-electron chi connectivity index (χ4n) is 7.91. The molecule has 0 amide bonds. The number of nitrogens with zero attached hydrogens (tertiary/aromatic N) is 4. The van der Waals surface area contributed by atoms with Crippen LogP contribution in [-0.2, 0) is 33.1 Å². The van der Waals surface area contributed by atoms with Crippen LogP contribution in [0.5, 0.6) is 11.5 Å². The summed E-state index contributed by atoms with van der Waals surface area (Å²) >= 11 is 15.2. The molecule has 2 aliphatic heterocycles. The topological polar surface area (TPSA) is 143 Å². The first-order valence-corrected chi connectivity index (χ1v) is 26.4. The number of thiazole rings is 2. The Hall–Kier alpha value is -4.26. The van der Waals surface area contributed by atoms with Crippen molar-refractivity contribution < 1.29 is 26.3 Å². The first kappa shape index (κ1) is 47.7. The van der Waals surface area contributed by atoms with E-state index in [1.807, 2.05) is 0 Å². The van der Waals surface area contributed by atoms with Gasteiger partial charge in [0, 0.05) is 74.3 Å². The van der Waals surface area contributed by atoms with Gasteiger partial charge in [-0.05, 0) is 74.2 Å². The second-order valence-electron chi connectivity index (χ2n) is 16.4. The van der Waals surface area contributed by atoms with Crippen LogP contribution in [0.15, 0.2) is 118 Å². The second kappa shape index (κ2) is 21.4. The number of sulfonamides is 2. The molecule has 2 aromatic heterocycles. The van der Waals surface area contributed by atoms with Gasteiger partial charge < -0.3 is 9.47 Å². The Morgan fingerprint density at radius 2 is 1.06 bits per heavy atom. The lowest BCUT2D eigenvalue weighted by Gasteiger charge is -2.37. The average Bonchev–Trinajstić information content (AvgIpc) is 3.96. The minimum Gasteiger partial charge on any atom is -0.488 e. The molecule has 2 fully saturated rings. The van der Waals surface area contributed by atoms with Crippen molar-refractivity contribution in [3.05, 3.63) is 140 Å². The van der Waals surface area contributed by atoms with E-state index in [1.54, 1.807) is 35.3 Å². The van der Waals surface area contributed by atoms with Gasteiger partial charge in [0.05, 0.1) is 19.8 Å². The predicted octanol–water partition coefficient (Wildman–Crippen LogP) is 10.4. The van der Waals surface area contributed by atoms with E-state index < -0.39 is 20.0 Å². The highest BCUT2D eigenvalue weighted by molar-refractivity contribution is 7.93. The maximum absolute atomic E-state index is 12.6. The first-order chi connectivity index (χ1) is 30.6. The van der Waals surface area contributed by atoms with E-state index in [-0.39, 0.29) is 32.0 Å². The third-order valence-electron chi connectivity index (χ3n) is 11.1. The van der Waals surface area contributed by atoms with Gasteiger partial charge in [-0.1, -0.05) is 96.7 Å². The summed E-state index contributed by atoms with van der Waals surface area (Å²) in [6.07, 6.45) is 4.90. The molecule has 0 unspecified atom stereocenters. The standard InChI is InChI=1S/2C23H26ClN3O3S2/c2*1-16-4-3-5-18(12-16)15-27-10-8-21(17(2)14-27)30-22-7-6-19(13-20(22)24)32(28,29)26-23-25-9-11-31-23/h2*3-7,9,11-13,17,21H,8,10,14-15H2,1-2H3,(H,25,26)/t17-,21+;17-,21-/m01/s1. The zero-order valence-corrected chi connectivity index (χ0v) is 40.8. The van der Waals surface area contributed by atoms with E-state index in [9.17, 15) is 16.8 Å². The smallest absolute Gasteiger partial charge is 0.263 e. The number of likely N-dealkylation sites (tertiary alicyclic amines) is 2. The van der Waals surface area contributed by atoms with Gasteiger partial charge >= 0.3 is 0 Å². The summed E-state index contributed by atoms with van der Waals surface area (Å²) in [7, 11) is -7.51. The van der Waals surface area contributed by atoms with Crippen molar-refractivity contribution in [2.45, 2.75) is 75.6 Å². The summed E-state index contributed by atoms with van der Waals surface area (Å²) in [4.78, 5) is 13.0. The van der Waals surface area contributed by atoms with E-state index >= 15 is 0 Å². The van der Waals surface area contributed by atoms with Crippen molar-refractivity contribution in [3.8, 4) is 11.5 Å². The zero-order chi connectivity index (χ0) is 45.4. The number of nitrogens with one attached hydrogen (secondary N) is 2. The number of aromatic nitrogens is 2. The molecule has 0 saturated carbocycles. The van der Waals surface area contributed by atoms with Crippen LogP contribution in [0.3, 0.4) is 0 Å². The van der Waals surface area contributed by atoms with E-state index in [1.165, 1.54) is 69.2 Å². The fraction of sp³-hybridized carbons (Fsp3) is 0.348. The number of benzene rings is 4. The normalized spacial score (nSPS) is 19.6. The molecule has 4 aromatic carbocycles. The van der Waals surface area contributed by atoms with Gasteiger partial charge in [-0.2, -0.15) is 0 Å². The molecule has 4 atom stereocenters. The SMILES string of the molecule is Cc1cccc(CN2CC[C@@H](Oc3ccc(S(=O)(=O)Nc4nccs4)cc3Cl)[C@@H](C)C2)c1.Cc1cccc(CN2CC[C@@H](Oc3ccc(S(=O)(=O)Nc4nccs4)cc3Cl)[C@H](C)C2)c1. The number of anilines is 2. The van der Waals surface area contributed by atoms with Gasteiger partial charge in [-0.3, -0.25) is 19.2 Å². The van der Waals surface area contributed by atoms with Crippen molar-refractivity contribution >= 4 is 76.2 Å². The summed E-state index contributed by atoms with van der Waals surface area (Å²) in [6.45, 7) is 14.2. The molecule has 6 aromatic rings. The molecule has 8 rings (SSSR count). The number of aryl methyl sites for hydroxylation is 2. The van der Waals surface area contributed by atoms with Crippen LogP contribution in [0.25, 0.3) is 0 Å². The third kappa shape index (κ3) is 13.0. The molecule has 4 heterocycles. The minimum absolute atomic E-state index is 0.0251. The van der Waals surface area contributed by atoms with E-state index in [4.69, 9.17) is 32.7 Å². The Bertz CT molecular complexity index is 2520. The Kier molecular flexibility index (Phi) is 15.9. The molecule has 2 aliphatic rings. The highest BCUT2D eigenvalue weighted by atomic mass is 35.5. The van der Waals surface area contributed by atoms with E-state index in [0.717, 1.165) is 52.1 Å². The highest BCUT2D eigenvalue weighted by Crippen LogP contribution is 2.34. The number of piperidine rings is 2. The molecule has 18 heteroatoms. The molecule has 0 spiro atoms. The molecular weight excluding hydrogens is 932 g/mol. The molecule has 2 saturated heterocycles. The summed E-state index contributed by atoms with van der Waals surface area (Å²) in [5.74, 6) is 1.65. The third-order valence-corrected chi connectivity index (χ3v) is 16.0. The van der Waals surface area contributed by atoms with Crippen molar-refractivity contribution in [1.82, 2.24) is 19.8 Å². The Morgan fingerprint density at radius 1 is 0.641 bits per heavy atom. The second-order valence-corrected chi connectivity index (χ2v) is 22.3. The average molecular weight is 984 g/mol. The summed E-state index contributed by atoms with van der Waals surface area (Å²) in [6, 6.07) is 26.3. The molecule has 0 radical (unpaired) electrons. The fourth-order valence-corrected chi connectivity index (χ4v) is 12.1. The molecule has 64 heavy (non-hydrogen) atoms. The monoisotopic (exact) mass is 982 g/mol. The maximum Gasteiger partial charge on any atom is 0.263 e. The van der Waals surface area contributed by atoms with Gasteiger partial charge in [0.15, 0.2) is 10.3 Å². The minimum atomic E-state index is -3.76. The molecular formula is C46H52Cl2N6O6S4. The van der Waals surface area contributed by atoms with Crippen LogP contribution >= 0.6 is 45.9 Å². The number of ether oxygens (including phenoxy) is 2. The van der Waals surface area contributed by atoms with Crippen molar-refractivity contribution in [1.29, 1.82) is 0 Å². The number of hydrogen-bond donors (Lipinski definition) is 2. The maximum atomic E-state index is 12.6. The Labute approximate surface area is 394 Å². The summed E-state index contributed by atoms with van der Waals surface area (Å²) in [5, 5.41) is 4.59. The lowest BCUT2D eigenvalue weighted by Crippen LogP contribution is -2.44. The van der Waals surface area contributed by atoms with E-state index in [0.29, 0.717) is 33.6 Å². The first-order valence-electron chi connectivity index (χ1n) is 20.9. The van der Waals surface area contributed by atoms with Gasteiger partial charge in [0.2, 0.25) is 0 Å². The van der Waals surface area contributed by atoms with Crippen LogP contribution in [0.1, 0.15) is 48.9 Å².